The summed E-state index contributed by atoms with van der Waals surface area (Å²) in [6.45, 7) is 23.1. The fraction of sp³-hybridized carbons (Fsp3) is 0.456. The van der Waals surface area contributed by atoms with Gasteiger partial charge in [0.25, 0.3) is 11.8 Å². The van der Waals surface area contributed by atoms with Crippen LogP contribution in [0.25, 0.3) is 0 Å². The standard InChI is InChI=1S/C57H70N8O8S5/c1-12-46(66)64-20-13-18-62(30-44(64)56(4,5)6)52(70)38-26-43(34(3)24-40(38)72-10)76-49-29-59-55(78-49)61-51(69)37-25-35(37)15-16-47(67)65-21-14-19-63(31-45(65)57(7,8)9)53(71)39-27-42(33(2)23-41(39)73-11)75-48-28-58-54(77-48)60-50(68)36-17-22-74-32-36/h12,15-17,22-24,26-29,32,35,37,44-45,53,71H,1,13-14,18-21,25,30-31H2,2-11H3,(H,58,60,68)(H,59,61,69)/b16-15+/t35?,37?,44-,45-,53?/m0/s1. The lowest BCUT2D eigenvalue weighted by atomic mass is 9.85. The van der Waals surface area contributed by atoms with E-state index in [0.29, 0.717) is 97.0 Å². The maximum absolute atomic E-state index is 14.3. The van der Waals surface area contributed by atoms with Crippen LogP contribution in [0.1, 0.15) is 104 Å². The highest BCUT2D eigenvalue weighted by Crippen LogP contribution is 2.44. The highest BCUT2D eigenvalue weighted by atomic mass is 32.2. The molecule has 0 radical (unpaired) electrons. The second-order valence-electron chi connectivity index (χ2n) is 22.0. The normalized spacial score (nSPS) is 19.7. The van der Waals surface area contributed by atoms with Crippen molar-refractivity contribution in [3.05, 3.63) is 106 Å². The zero-order valence-corrected chi connectivity index (χ0v) is 50.0. The number of carbonyl (C=O) groups is 5. The highest BCUT2D eigenvalue weighted by molar-refractivity contribution is 8.01. The minimum atomic E-state index is -1.02. The molecule has 78 heavy (non-hydrogen) atoms. The molecule has 5 amide bonds. The molecule has 3 unspecified atom stereocenters. The van der Waals surface area contributed by atoms with Crippen LogP contribution in [0.2, 0.25) is 0 Å². The summed E-state index contributed by atoms with van der Waals surface area (Å²) >= 11 is 7.14. The van der Waals surface area contributed by atoms with Gasteiger partial charge in [-0.25, -0.2) is 9.97 Å². The fourth-order valence-electron chi connectivity index (χ4n) is 9.91. The van der Waals surface area contributed by atoms with Gasteiger partial charge in [0.1, 0.15) is 17.7 Å². The highest BCUT2D eigenvalue weighted by Gasteiger charge is 2.43. The van der Waals surface area contributed by atoms with Gasteiger partial charge >= 0.3 is 0 Å². The van der Waals surface area contributed by atoms with Crippen molar-refractivity contribution in [2.24, 2.45) is 22.7 Å². The van der Waals surface area contributed by atoms with Crippen molar-refractivity contribution in [3.8, 4) is 11.5 Å². The summed E-state index contributed by atoms with van der Waals surface area (Å²) in [5.41, 5.74) is 2.89. The van der Waals surface area contributed by atoms with Crippen molar-refractivity contribution in [1.29, 1.82) is 0 Å². The molecular weight excluding hydrogens is 1090 g/mol. The molecule has 3 aromatic heterocycles. The summed E-state index contributed by atoms with van der Waals surface area (Å²) in [5.74, 6) is -0.184. The number of hydrogen-bond acceptors (Lipinski definition) is 16. The van der Waals surface area contributed by atoms with Crippen molar-refractivity contribution >= 4 is 97.3 Å². The van der Waals surface area contributed by atoms with Gasteiger partial charge in [0.15, 0.2) is 10.3 Å². The van der Waals surface area contributed by atoms with E-state index in [1.54, 1.807) is 44.1 Å². The first-order chi connectivity index (χ1) is 37.1. The predicted octanol–water partition coefficient (Wildman–Crippen LogP) is 10.9. The predicted molar refractivity (Wildman–Crippen MR) is 311 cm³/mol. The summed E-state index contributed by atoms with van der Waals surface area (Å²) in [6, 6.07) is 8.92. The average Bonchev–Trinajstić information content (AvgIpc) is 3.71. The van der Waals surface area contributed by atoms with Crippen LogP contribution in [0.4, 0.5) is 10.3 Å². The lowest BCUT2D eigenvalue weighted by molar-refractivity contribution is -0.131. The number of aromatic nitrogens is 2. The number of methoxy groups -OCH3 is 2. The Morgan fingerprint density at radius 1 is 0.795 bits per heavy atom. The monoisotopic (exact) mass is 1150 g/mol. The van der Waals surface area contributed by atoms with Gasteiger partial charge < -0.3 is 34.6 Å². The number of thiazole rings is 2. The summed E-state index contributed by atoms with van der Waals surface area (Å²) in [6.07, 6.45) is 9.10. The quantitative estimate of drug-likeness (QED) is 0.0793. The fourth-order valence-corrected chi connectivity index (χ4v) is 14.4. The molecule has 0 bridgehead atoms. The molecule has 3 aliphatic rings. The van der Waals surface area contributed by atoms with Crippen LogP contribution < -0.4 is 20.1 Å². The molecular formula is C57H70N8O8S5. The van der Waals surface area contributed by atoms with Gasteiger partial charge in [-0.2, -0.15) is 11.3 Å². The summed E-state index contributed by atoms with van der Waals surface area (Å²) in [7, 11) is 3.15. The van der Waals surface area contributed by atoms with Gasteiger partial charge in [0.05, 0.1) is 52.2 Å². The van der Waals surface area contributed by atoms with Crippen LogP contribution in [0, 0.1) is 36.5 Å². The number of thiophene rings is 1. The van der Waals surface area contributed by atoms with Gasteiger partial charge in [-0.3, -0.25) is 34.2 Å². The molecule has 16 nitrogen and oxygen atoms in total. The number of anilines is 2. The maximum Gasteiger partial charge on any atom is 0.258 e. The number of hydrogen-bond donors (Lipinski definition) is 3. The van der Waals surface area contributed by atoms with Crippen molar-refractivity contribution in [2.75, 3.05) is 64.1 Å². The van der Waals surface area contributed by atoms with Crippen molar-refractivity contribution in [2.45, 2.75) is 111 Å². The Kier molecular flexibility index (Phi) is 18.7. The van der Waals surface area contributed by atoms with E-state index in [-0.39, 0.29) is 64.3 Å². The van der Waals surface area contributed by atoms with E-state index in [1.807, 2.05) is 69.2 Å². The van der Waals surface area contributed by atoms with Gasteiger partial charge in [0.2, 0.25) is 17.7 Å². The Balaban J connectivity index is 0.874. The minimum Gasteiger partial charge on any atom is -0.496 e. The first kappa shape index (κ1) is 58.6. The number of nitrogens with zero attached hydrogens (tertiary/aromatic N) is 6. The largest absolute Gasteiger partial charge is 0.496 e. The van der Waals surface area contributed by atoms with E-state index in [9.17, 15) is 29.1 Å². The number of ether oxygens (including phenoxy) is 2. The van der Waals surface area contributed by atoms with E-state index < -0.39 is 6.23 Å². The van der Waals surface area contributed by atoms with E-state index in [1.165, 1.54) is 63.6 Å². The SMILES string of the molecule is C=CC(=O)N1CCCN(C(=O)c2cc(Sc3cnc(NC(=O)C4CC4/C=C/C(=O)N4CCCN(C(O)c5cc(Sc6cnc(NC(=O)c7ccsc7)s6)c(C)cc5OC)C[C@H]4C(C)(C)C)s3)c(C)cc2OC)C[C@H]1C(C)(C)C. The van der Waals surface area contributed by atoms with Crippen molar-refractivity contribution < 1.29 is 38.6 Å². The minimum absolute atomic E-state index is 0.102. The van der Waals surface area contributed by atoms with Crippen LogP contribution in [0.5, 0.6) is 11.5 Å². The first-order valence-electron chi connectivity index (χ1n) is 26.0. The lowest BCUT2D eigenvalue weighted by Crippen LogP contribution is -2.51. The Labute approximate surface area is 478 Å². The number of aryl methyl sites for hydroxylation is 2. The van der Waals surface area contributed by atoms with Gasteiger partial charge in [-0.05, 0) is 109 Å². The molecule has 3 fully saturated rings. The van der Waals surface area contributed by atoms with Gasteiger partial charge in [-0.15, -0.1) is 0 Å². The topological polar surface area (TPSA) is 187 Å². The summed E-state index contributed by atoms with van der Waals surface area (Å²) < 4.78 is 13.3. The molecule has 1 aliphatic carbocycles. The number of benzene rings is 2. The Bertz CT molecular complexity index is 3050. The Morgan fingerprint density at radius 2 is 1.38 bits per heavy atom. The maximum atomic E-state index is 14.3. The second kappa shape index (κ2) is 24.9. The zero-order chi connectivity index (χ0) is 56.2. The number of amides is 5. The third kappa shape index (κ3) is 13.9. The second-order valence-corrected chi connectivity index (χ2v) is 27.6. The summed E-state index contributed by atoms with van der Waals surface area (Å²) in [5, 5.41) is 22.6. The van der Waals surface area contributed by atoms with Crippen LogP contribution in [0.3, 0.4) is 0 Å². The molecule has 5 atom stereocenters. The van der Waals surface area contributed by atoms with Crippen LogP contribution in [0.15, 0.2) is 96.5 Å². The summed E-state index contributed by atoms with van der Waals surface area (Å²) in [4.78, 5) is 85.8. The molecule has 2 aliphatic heterocycles. The molecule has 5 aromatic rings. The Morgan fingerprint density at radius 3 is 1.99 bits per heavy atom. The third-order valence-corrected chi connectivity index (χ3v) is 19.4. The van der Waals surface area contributed by atoms with Crippen LogP contribution in [-0.4, -0.2) is 130 Å². The van der Waals surface area contributed by atoms with E-state index in [4.69, 9.17) is 9.47 Å². The number of aliphatic hydroxyl groups excluding tert-OH is 1. The van der Waals surface area contributed by atoms with E-state index >= 15 is 0 Å². The molecule has 21 heteroatoms. The average molecular weight is 1160 g/mol. The van der Waals surface area contributed by atoms with E-state index in [2.05, 4.69) is 68.7 Å². The lowest BCUT2D eigenvalue weighted by Gasteiger charge is -2.41. The molecule has 1 saturated carbocycles. The molecule has 8 rings (SSSR count). The zero-order valence-electron chi connectivity index (χ0n) is 45.9. The molecule has 5 heterocycles. The van der Waals surface area contributed by atoms with Crippen molar-refractivity contribution in [1.82, 2.24) is 29.6 Å². The molecule has 416 valence electrons. The van der Waals surface area contributed by atoms with Gasteiger partial charge in [-0.1, -0.05) is 100 Å². The number of aliphatic hydroxyl groups is 1. The molecule has 2 aromatic carbocycles. The number of carbonyl (C=O) groups excluding carboxylic acids is 5. The number of rotatable bonds is 16. The van der Waals surface area contributed by atoms with Gasteiger partial charge in [0, 0.05) is 72.0 Å². The smallest absolute Gasteiger partial charge is 0.258 e. The van der Waals surface area contributed by atoms with E-state index in [0.717, 1.165) is 29.3 Å². The first-order valence-corrected chi connectivity index (χ1v) is 30.2. The molecule has 3 N–H and O–H groups in total. The van der Waals surface area contributed by atoms with Crippen LogP contribution in [-0.2, 0) is 14.4 Å². The third-order valence-electron chi connectivity index (χ3n) is 14.4. The van der Waals surface area contributed by atoms with Crippen LogP contribution >= 0.6 is 57.5 Å². The van der Waals surface area contributed by atoms with Crippen molar-refractivity contribution in [3.63, 3.8) is 0 Å². The molecule has 0 spiro atoms. The Hall–Kier alpha value is -5.55. The molecule has 2 saturated heterocycles. The number of allylic oxidation sites excluding steroid dienone is 1. The number of nitrogens with one attached hydrogen (secondary N) is 2.